The molecule has 3 amide bonds. The molecule has 0 unspecified atom stereocenters. The van der Waals surface area contributed by atoms with Crippen molar-refractivity contribution >= 4 is 74.0 Å². The van der Waals surface area contributed by atoms with Crippen LogP contribution in [0.3, 0.4) is 0 Å². The lowest BCUT2D eigenvalue weighted by atomic mass is 10.1. The van der Waals surface area contributed by atoms with E-state index < -0.39 is 11.8 Å². The molecule has 1 heterocycles. The summed E-state index contributed by atoms with van der Waals surface area (Å²) in [6.45, 7) is 0. The van der Waals surface area contributed by atoms with Crippen molar-refractivity contribution in [2.45, 2.75) is 4.90 Å². The number of hydrogen-bond acceptors (Lipinski definition) is 6. The largest absolute Gasteiger partial charge is 0.436 e. The van der Waals surface area contributed by atoms with E-state index >= 15 is 0 Å². The maximum atomic E-state index is 13.3. The lowest BCUT2D eigenvalue weighted by Gasteiger charge is -2.12. The molecule has 0 saturated heterocycles. The number of fused-ring (bicyclic) bond motifs is 1. The number of hydrogen-bond donors (Lipinski definition) is 3. The number of carbonyl (C=O) groups is 3. The van der Waals surface area contributed by atoms with E-state index in [1.165, 1.54) is 11.8 Å². The summed E-state index contributed by atoms with van der Waals surface area (Å²) < 4.78 is 6.72. The van der Waals surface area contributed by atoms with Gasteiger partial charge in [0.25, 0.3) is 11.8 Å². The molecule has 0 aliphatic carbocycles. The van der Waals surface area contributed by atoms with E-state index in [0.29, 0.717) is 22.8 Å². The maximum Gasteiger partial charge on any atom is 0.272 e. The van der Waals surface area contributed by atoms with Crippen molar-refractivity contribution < 1.29 is 18.8 Å². The Kier molecular flexibility index (Phi) is 9.90. The van der Waals surface area contributed by atoms with E-state index in [1.807, 2.05) is 91.0 Å². The molecule has 8 nitrogen and oxygen atoms in total. The highest BCUT2D eigenvalue weighted by Crippen LogP contribution is 2.26. The van der Waals surface area contributed by atoms with Gasteiger partial charge < -0.3 is 20.4 Å². The lowest BCUT2D eigenvalue weighted by Crippen LogP contribution is -2.30. The fourth-order valence-electron chi connectivity index (χ4n) is 4.54. The SMILES string of the molecule is O=C(CSc1ccc(NC(=O)/C(=C/c2ccc(Br)cc2)NC(=O)c2ccccc2)cc1)Nc1ccc(-c2nc3ccccc3o2)cc1. The van der Waals surface area contributed by atoms with Crippen LogP contribution in [0.4, 0.5) is 11.4 Å². The first-order valence-corrected chi connectivity index (χ1v) is 16.3. The van der Waals surface area contributed by atoms with Crippen molar-refractivity contribution in [1.29, 1.82) is 0 Å². The third kappa shape index (κ3) is 8.43. The number of para-hydroxylation sites is 2. The summed E-state index contributed by atoms with van der Waals surface area (Å²) in [6, 6.07) is 38.1. The molecule has 3 N–H and O–H groups in total. The number of rotatable bonds is 10. The number of nitrogens with zero attached hydrogens (tertiary/aromatic N) is 1. The van der Waals surface area contributed by atoms with E-state index in [0.717, 1.165) is 31.6 Å². The zero-order chi connectivity index (χ0) is 32.6. The predicted molar refractivity (Wildman–Crippen MR) is 190 cm³/mol. The van der Waals surface area contributed by atoms with Crippen LogP contribution >= 0.6 is 27.7 Å². The van der Waals surface area contributed by atoms with Crippen molar-refractivity contribution in [2.24, 2.45) is 0 Å². The Balaban J connectivity index is 1.04. The van der Waals surface area contributed by atoms with E-state index in [4.69, 9.17) is 4.42 Å². The first-order chi connectivity index (χ1) is 22.9. The van der Waals surface area contributed by atoms with Gasteiger partial charge in [0.15, 0.2) is 5.58 Å². The van der Waals surface area contributed by atoms with E-state index in [2.05, 4.69) is 36.9 Å². The highest BCUT2D eigenvalue weighted by Gasteiger charge is 2.15. The van der Waals surface area contributed by atoms with Gasteiger partial charge in [-0.3, -0.25) is 14.4 Å². The molecule has 0 saturated carbocycles. The molecule has 232 valence electrons. The first-order valence-electron chi connectivity index (χ1n) is 14.5. The number of carbonyl (C=O) groups excluding carboxylic acids is 3. The standard InChI is InChI=1S/C37H27BrN4O4S/c38-27-14-10-24(11-15-27)22-32(41-35(44)25-6-2-1-3-7-25)36(45)40-29-18-20-30(21-19-29)47-23-34(43)39-28-16-12-26(13-17-28)37-42-31-8-4-5-9-33(31)46-37/h1-22H,23H2,(H,39,43)(H,40,45)(H,41,44)/b32-22-. The third-order valence-corrected chi connectivity index (χ3v) is 8.44. The average Bonchev–Trinajstić information content (AvgIpc) is 3.54. The number of aromatic nitrogens is 1. The normalized spacial score (nSPS) is 11.2. The summed E-state index contributed by atoms with van der Waals surface area (Å²) in [5.41, 5.74) is 4.81. The van der Waals surface area contributed by atoms with Crippen molar-refractivity contribution in [2.75, 3.05) is 16.4 Å². The minimum Gasteiger partial charge on any atom is -0.436 e. The Hall–Kier alpha value is -5.45. The summed E-state index contributed by atoms with van der Waals surface area (Å²) in [7, 11) is 0. The zero-order valence-corrected chi connectivity index (χ0v) is 27.2. The molecule has 0 aliphatic rings. The molecule has 6 aromatic rings. The van der Waals surface area contributed by atoms with Crippen LogP contribution in [0.15, 0.2) is 147 Å². The molecule has 0 atom stereocenters. The molecule has 0 fully saturated rings. The lowest BCUT2D eigenvalue weighted by molar-refractivity contribution is -0.114. The molecule has 0 aliphatic heterocycles. The van der Waals surface area contributed by atoms with Gasteiger partial charge in [0.2, 0.25) is 11.8 Å². The summed E-state index contributed by atoms with van der Waals surface area (Å²) in [5, 5.41) is 8.49. The van der Waals surface area contributed by atoms with E-state index in [9.17, 15) is 14.4 Å². The minimum atomic E-state index is -0.473. The smallest absolute Gasteiger partial charge is 0.272 e. The molecular weight excluding hydrogens is 676 g/mol. The van der Waals surface area contributed by atoms with Crippen LogP contribution in [0.25, 0.3) is 28.6 Å². The number of oxazole rings is 1. The Labute approximate surface area is 283 Å². The van der Waals surface area contributed by atoms with Crippen LogP contribution in [0.2, 0.25) is 0 Å². The van der Waals surface area contributed by atoms with Gasteiger partial charge in [0, 0.05) is 31.9 Å². The highest BCUT2D eigenvalue weighted by atomic mass is 79.9. The van der Waals surface area contributed by atoms with Crippen molar-refractivity contribution in [3.8, 4) is 11.5 Å². The number of thioether (sulfide) groups is 1. The summed E-state index contributed by atoms with van der Waals surface area (Å²) >= 11 is 4.78. The maximum absolute atomic E-state index is 13.3. The van der Waals surface area contributed by atoms with Gasteiger partial charge in [-0.05, 0) is 96.6 Å². The fourth-order valence-corrected chi connectivity index (χ4v) is 5.50. The predicted octanol–water partition coefficient (Wildman–Crippen LogP) is 8.40. The molecule has 0 radical (unpaired) electrons. The Morgan fingerprint density at radius 1 is 0.745 bits per heavy atom. The van der Waals surface area contributed by atoms with Crippen LogP contribution in [0.5, 0.6) is 0 Å². The minimum absolute atomic E-state index is 0.0955. The number of anilines is 2. The van der Waals surface area contributed by atoms with Crippen LogP contribution in [-0.2, 0) is 9.59 Å². The second kappa shape index (κ2) is 14.8. The molecule has 10 heteroatoms. The average molecular weight is 704 g/mol. The van der Waals surface area contributed by atoms with Gasteiger partial charge in [0.1, 0.15) is 11.2 Å². The monoisotopic (exact) mass is 702 g/mol. The molecular formula is C37H27BrN4O4S. The number of amides is 3. The highest BCUT2D eigenvalue weighted by molar-refractivity contribution is 9.10. The van der Waals surface area contributed by atoms with Crippen LogP contribution in [0.1, 0.15) is 15.9 Å². The fraction of sp³-hybridized carbons (Fsp3) is 0.0270. The van der Waals surface area contributed by atoms with Crippen LogP contribution in [0, 0.1) is 0 Å². The van der Waals surface area contributed by atoms with E-state index in [-0.39, 0.29) is 17.4 Å². The molecule has 6 rings (SSSR count). The number of benzene rings is 5. The van der Waals surface area contributed by atoms with Gasteiger partial charge in [-0.2, -0.15) is 0 Å². The summed E-state index contributed by atoms with van der Waals surface area (Å²) in [4.78, 5) is 44.2. The molecule has 5 aromatic carbocycles. The van der Waals surface area contributed by atoms with Crippen molar-refractivity contribution in [3.63, 3.8) is 0 Å². The Morgan fingerprint density at radius 2 is 1.40 bits per heavy atom. The first kappa shape index (κ1) is 31.5. The van der Waals surface area contributed by atoms with E-state index in [1.54, 1.807) is 42.5 Å². The van der Waals surface area contributed by atoms with Gasteiger partial charge in [-0.1, -0.05) is 58.4 Å². The van der Waals surface area contributed by atoms with Crippen molar-refractivity contribution in [1.82, 2.24) is 10.3 Å². The van der Waals surface area contributed by atoms with Crippen LogP contribution < -0.4 is 16.0 Å². The number of halogens is 1. The zero-order valence-electron chi connectivity index (χ0n) is 24.8. The van der Waals surface area contributed by atoms with Gasteiger partial charge in [-0.25, -0.2) is 4.98 Å². The quantitative estimate of drug-likeness (QED) is 0.0976. The topological polar surface area (TPSA) is 113 Å². The Bertz CT molecular complexity index is 2030. The second-order valence-corrected chi connectivity index (χ2v) is 12.3. The van der Waals surface area contributed by atoms with Crippen molar-refractivity contribution in [3.05, 3.63) is 149 Å². The van der Waals surface area contributed by atoms with Gasteiger partial charge >= 0.3 is 0 Å². The molecule has 1 aromatic heterocycles. The summed E-state index contributed by atoms with van der Waals surface area (Å²) in [5.74, 6) is -0.302. The number of nitrogens with one attached hydrogen (secondary N) is 3. The van der Waals surface area contributed by atoms with Gasteiger partial charge in [-0.15, -0.1) is 11.8 Å². The summed E-state index contributed by atoms with van der Waals surface area (Å²) in [6.07, 6.45) is 1.62. The van der Waals surface area contributed by atoms with Crippen LogP contribution in [-0.4, -0.2) is 28.5 Å². The third-order valence-electron chi connectivity index (χ3n) is 6.90. The molecule has 47 heavy (non-hydrogen) atoms. The molecule has 0 spiro atoms. The van der Waals surface area contributed by atoms with Gasteiger partial charge in [0.05, 0.1) is 5.75 Å². The molecule has 0 bridgehead atoms. The second-order valence-electron chi connectivity index (χ2n) is 10.3. The Morgan fingerprint density at radius 3 is 2.13 bits per heavy atom.